The number of hydrogen-bond donors (Lipinski definition) is 2. The van der Waals surface area contributed by atoms with Gasteiger partial charge in [-0.05, 0) is 69.3 Å². The molecule has 0 aliphatic heterocycles. The van der Waals surface area contributed by atoms with Crippen LogP contribution < -0.4 is 15.6 Å². The summed E-state index contributed by atoms with van der Waals surface area (Å²) in [5.74, 6) is 0.410. The van der Waals surface area contributed by atoms with E-state index in [2.05, 4.69) is 10.3 Å². The van der Waals surface area contributed by atoms with Gasteiger partial charge in [0.25, 0.3) is 11.5 Å². The fourth-order valence-corrected chi connectivity index (χ4v) is 5.43. The Bertz CT molecular complexity index is 1770. The molecule has 0 fully saturated rings. The number of nitrogens with zero attached hydrogens (tertiary/aromatic N) is 2. The Labute approximate surface area is 229 Å². The number of hydrogen-bond acceptors (Lipinski definition) is 6. The van der Waals surface area contributed by atoms with Gasteiger partial charge < -0.3 is 15.0 Å². The first-order valence-electron chi connectivity index (χ1n) is 12.5. The van der Waals surface area contributed by atoms with Gasteiger partial charge in [0.1, 0.15) is 5.75 Å². The Morgan fingerprint density at radius 1 is 1.05 bits per heavy atom. The molecule has 0 radical (unpaired) electrons. The third-order valence-corrected chi connectivity index (χ3v) is 7.29. The van der Waals surface area contributed by atoms with E-state index >= 15 is 0 Å². The lowest BCUT2D eigenvalue weighted by Crippen LogP contribution is -2.30. The number of fused-ring (bicyclic) bond motifs is 2. The molecule has 2 aromatic heterocycles. The summed E-state index contributed by atoms with van der Waals surface area (Å²) in [5.41, 5.74) is 3.42. The number of H-pyrrole nitrogens is 1. The second-order valence-corrected chi connectivity index (χ2v) is 10.4. The fraction of sp³-hybridized carbons (Fsp3) is 0.200. The number of thioether (sulfide) groups is 1. The number of carbonyl (C=O) groups excluding carboxylic acids is 2. The SMILES string of the molecule is COc1ccc(-n2c(SCC(=O)c3c(C)[nH]c4ccccc34)nc3cc(C(=O)NC(C)C)ccc3c2=O)cc1. The number of ketones is 1. The standard InChI is InChI=1S/C30H28N4O4S/c1-17(2)31-28(36)19-9-14-23-25(15-19)33-30(34(29(23)37)20-10-12-21(38-4)13-11-20)39-16-26(35)27-18(3)32-24-8-6-5-7-22(24)27/h5-15,17,32H,16H2,1-4H3,(H,31,36). The van der Waals surface area contributed by atoms with Gasteiger partial charge in [0, 0.05) is 33.8 Å². The maximum absolute atomic E-state index is 13.8. The Hall–Kier alpha value is -4.37. The molecular weight excluding hydrogens is 512 g/mol. The number of benzene rings is 3. The zero-order valence-electron chi connectivity index (χ0n) is 22.1. The molecule has 3 aromatic carbocycles. The zero-order valence-corrected chi connectivity index (χ0v) is 22.9. The van der Waals surface area contributed by atoms with Crippen LogP contribution in [0.5, 0.6) is 5.75 Å². The third-order valence-electron chi connectivity index (χ3n) is 6.36. The van der Waals surface area contributed by atoms with Crippen LogP contribution in [-0.2, 0) is 0 Å². The van der Waals surface area contributed by atoms with Gasteiger partial charge in [-0.1, -0.05) is 30.0 Å². The zero-order chi connectivity index (χ0) is 27.7. The molecule has 0 aliphatic carbocycles. The van der Waals surface area contributed by atoms with Crippen LogP contribution in [0.1, 0.15) is 40.3 Å². The predicted octanol–water partition coefficient (Wildman–Crippen LogP) is 5.30. The van der Waals surface area contributed by atoms with Crippen LogP contribution in [0.2, 0.25) is 0 Å². The van der Waals surface area contributed by atoms with Crippen molar-refractivity contribution in [1.29, 1.82) is 0 Å². The van der Waals surface area contributed by atoms with Crippen LogP contribution in [-0.4, -0.2) is 45.1 Å². The van der Waals surface area contributed by atoms with Gasteiger partial charge in [-0.3, -0.25) is 19.0 Å². The minimum atomic E-state index is -0.292. The van der Waals surface area contributed by atoms with Gasteiger partial charge >= 0.3 is 0 Å². The molecule has 0 spiro atoms. The number of aryl methyl sites for hydroxylation is 1. The monoisotopic (exact) mass is 540 g/mol. The Kier molecular flexibility index (Phi) is 7.26. The number of amides is 1. The summed E-state index contributed by atoms with van der Waals surface area (Å²) < 4.78 is 6.77. The average Bonchev–Trinajstić information content (AvgIpc) is 3.27. The second-order valence-electron chi connectivity index (χ2n) is 9.48. The summed E-state index contributed by atoms with van der Waals surface area (Å²) in [6.07, 6.45) is 0. The van der Waals surface area contributed by atoms with Crippen molar-refractivity contribution in [3.8, 4) is 11.4 Å². The maximum Gasteiger partial charge on any atom is 0.266 e. The molecule has 0 unspecified atom stereocenters. The van der Waals surface area contributed by atoms with Gasteiger partial charge in [-0.15, -0.1) is 0 Å². The van der Waals surface area contributed by atoms with Crippen molar-refractivity contribution < 1.29 is 14.3 Å². The van der Waals surface area contributed by atoms with Crippen LogP contribution in [0, 0.1) is 6.92 Å². The molecule has 5 aromatic rings. The van der Waals surface area contributed by atoms with Crippen LogP contribution in [0.3, 0.4) is 0 Å². The highest BCUT2D eigenvalue weighted by atomic mass is 32.2. The molecule has 0 bridgehead atoms. The molecule has 0 saturated heterocycles. The summed E-state index contributed by atoms with van der Waals surface area (Å²) in [7, 11) is 1.57. The number of carbonyl (C=O) groups is 2. The molecule has 2 N–H and O–H groups in total. The molecular formula is C30H28N4O4S. The number of nitrogens with one attached hydrogen (secondary N) is 2. The fourth-order valence-electron chi connectivity index (χ4n) is 4.55. The van der Waals surface area contributed by atoms with E-state index in [9.17, 15) is 14.4 Å². The summed E-state index contributed by atoms with van der Waals surface area (Å²) in [5, 5.41) is 4.45. The molecule has 0 aliphatic rings. The van der Waals surface area contributed by atoms with Crippen molar-refractivity contribution >= 4 is 45.3 Å². The topological polar surface area (TPSA) is 106 Å². The van der Waals surface area contributed by atoms with E-state index in [1.165, 1.54) is 16.3 Å². The van der Waals surface area contributed by atoms with Crippen LogP contribution in [0.25, 0.3) is 27.5 Å². The highest BCUT2D eigenvalue weighted by Crippen LogP contribution is 2.27. The largest absolute Gasteiger partial charge is 0.497 e. The van der Waals surface area contributed by atoms with E-state index < -0.39 is 0 Å². The highest BCUT2D eigenvalue weighted by Gasteiger charge is 2.20. The van der Waals surface area contributed by atoms with E-state index in [1.54, 1.807) is 49.6 Å². The minimum Gasteiger partial charge on any atom is -0.497 e. The number of aromatic nitrogens is 3. The van der Waals surface area contributed by atoms with Crippen molar-refractivity contribution in [2.24, 2.45) is 0 Å². The van der Waals surface area contributed by atoms with E-state index in [0.717, 1.165) is 16.6 Å². The third kappa shape index (κ3) is 5.18. The first-order chi connectivity index (χ1) is 18.8. The van der Waals surface area contributed by atoms with Crippen LogP contribution >= 0.6 is 11.8 Å². The molecule has 8 nitrogen and oxygen atoms in total. The number of rotatable bonds is 8. The average molecular weight is 541 g/mol. The second kappa shape index (κ2) is 10.8. The summed E-state index contributed by atoms with van der Waals surface area (Å²) in [4.78, 5) is 47.8. The van der Waals surface area contributed by atoms with Crippen LogP contribution in [0.4, 0.5) is 0 Å². The quantitative estimate of drug-likeness (QED) is 0.157. The molecule has 5 rings (SSSR count). The Balaban J connectivity index is 1.58. The maximum atomic E-state index is 13.8. The summed E-state index contributed by atoms with van der Waals surface area (Å²) >= 11 is 1.19. The molecule has 39 heavy (non-hydrogen) atoms. The number of methoxy groups -OCH3 is 1. The Morgan fingerprint density at radius 3 is 2.51 bits per heavy atom. The normalized spacial score (nSPS) is 11.3. The highest BCUT2D eigenvalue weighted by molar-refractivity contribution is 7.99. The lowest BCUT2D eigenvalue weighted by atomic mass is 10.1. The number of ether oxygens (including phenoxy) is 1. The van der Waals surface area contributed by atoms with Gasteiger partial charge in [0.2, 0.25) is 0 Å². The molecule has 9 heteroatoms. The van der Waals surface area contributed by atoms with Crippen molar-refractivity contribution in [3.63, 3.8) is 0 Å². The van der Waals surface area contributed by atoms with E-state index in [-0.39, 0.29) is 29.0 Å². The summed E-state index contributed by atoms with van der Waals surface area (Å²) in [6, 6.07) is 19.6. The number of aromatic amines is 1. The Morgan fingerprint density at radius 2 is 1.79 bits per heavy atom. The lowest BCUT2D eigenvalue weighted by molar-refractivity contribution is 0.0942. The molecule has 0 atom stereocenters. The van der Waals surface area contributed by atoms with E-state index in [0.29, 0.717) is 38.6 Å². The van der Waals surface area contributed by atoms with Gasteiger partial charge in [-0.25, -0.2) is 4.98 Å². The van der Waals surface area contributed by atoms with Gasteiger partial charge in [0.15, 0.2) is 10.9 Å². The first kappa shape index (κ1) is 26.2. The van der Waals surface area contributed by atoms with Gasteiger partial charge in [-0.2, -0.15) is 0 Å². The van der Waals surface area contributed by atoms with Crippen LogP contribution in [0.15, 0.2) is 76.7 Å². The molecule has 0 saturated carbocycles. The van der Waals surface area contributed by atoms with Crippen molar-refractivity contribution in [3.05, 3.63) is 93.9 Å². The van der Waals surface area contributed by atoms with E-state index in [4.69, 9.17) is 9.72 Å². The smallest absolute Gasteiger partial charge is 0.266 e. The number of Topliss-reactive ketones (excluding diaryl/α,β-unsaturated/α-hetero) is 1. The van der Waals surface area contributed by atoms with Crippen molar-refractivity contribution in [1.82, 2.24) is 19.9 Å². The minimum absolute atomic E-state index is 0.0330. The lowest BCUT2D eigenvalue weighted by Gasteiger charge is -2.14. The van der Waals surface area contributed by atoms with Crippen molar-refractivity contribution in [2.75, 3.05) is 12.9 Å². The molecule has 1 amide bonds. The summed E-state index contributed by atoms with van der Waals surface area (Å²) in [6.45, 7) is 5.64. The van der Waals surface area contributed by atoms with E-state index in [1.807, 2.05) is 45.0 Å². The van der Waals surface area contributed by atoms with Gasteiger partial charge in [0.05, 0.1) is 29.5 Å². The first-order valence-corrected chi connectivity index (χ1v) is 13.5. The van der Waals surface area contributed by atoms with Crippen molar-refractivity contribution in [2.45, 2.75) is 32.0 Å². The predicted molar refractivity (Wildman–Crippen MR) is 155 cm³/mol. The number of para-hydroxylation sites is 1. The molecule has 2 heterocycles. The molecule has 198 valence electrons.